The summed E-state index contributed by atoms with van der Waals surface area (Å²) in [4.78, 5) is 54.9. The molecule has 0 unspecified atom stereocenters. The van der Waals surface area contributed by atoms with Gasteiger partial charge in [-0.3, -0.25) is 19.2 Å². The molecule has 224 valence electrons. The van der Waals surface area contributed by atoms with Crippen LogP contribution in [0.4, 0.5) is 5.69 Å². The van der Waals surface area contributed by atoms with Crippen LogP contribution < -0.4 is 4.90 Å². The molecule has 2 rings (SSSR count). The molecule has 4 atom stereocenters. The molecule has 0 bridgehead atoms. The van der Waals surface area contributed by atoms with Crippen LogP contribution in [-0.2, 0) is 49.4 Å². The van der Waals surface area contributed by atoms with E-state index in [1.807, 2.05) is 12.1 Å². The summed E-state index contributed by atoms with van der Waals surface area (Å²) in [6, 6.07) is 8.17. The molecular weight excluding hydrogens is 567 g/mol. The molecule has 1 fully saturated rings. The van der Waals surface area contributed by atoms with Crippen molar-refractivity contribution < 1.29 is 43.0 Å². The highest BCUT2D eigenvalue weighted by Gasteiger charge is 2.49. The third-order valence-electron chi connectivity index (χ3n) is 5.96. The first-order chi connectivity index (χ1) is 19.0. The minimum atomic E-state index is -1.23. The van der Waals surface area contributed by atoms with E-state index in [2.05, 4.69) is 17.0 Å². The molecule has 0 spiro atoms. The number of aryl methyl sites for hydroxylation is 1. The highest BCUT2D eigenvalue weighted by atomic mass is 35.5. The molecule has 1 heterocycles. The van der Waals surface area contributed by atoms with Gasteiger partial charge in [0.2, 0.25) is 0 Å². The number of unbranched alkanes of at least 4 members (excludes halogenated alkanes) is 1. The van der Waals surface area contributed by atoms with E-state index in [4.69, 9.17) is 47.0 Å². The number of nitrogens with zero attached hydrogens (tertiary/aromatic N) is 2. The molecule has 0 radical (unpaired) electrons. The van der Waals surface area contributed by atoms with Crippen molar-refractivity contribution >= 4 is 52.8 Å². The lowest BCUT2D eigenvalue weighted by Gasteiger charge is -2.43. The quantitative estimate of drug-likeness (QED) is 0.0964. The lowest BCUT2D eigenvalue weighted by Crippen LogP contribution is -2.62. The van der Waals surface area contributed by atoms with E-state index in [1.165, 1.54) is 32.8 Å². The number of halogens is 2. The monoisotopic (exact) mass is 604 g/mol. The van der Waals surface area contributed by atoms with Crippen molar-refractivity contribution in [2.75, 3.05) is 42.9 Å². The average molecular weight is 606 g/mol. The summed E-state index contributed by atoms with van der Waals surface area (Å²) in [5, 5.41) is 1.27. The van der Waals surface area contributed by atoms with Gasteiger partial charge in [-0.25, -0.2) is 0 Å². The van der Waals surface area contributed by atoms with Gasteiger partial charge in [-0.1, -0.05) is 12.1 Å². The van der Waals surface area contributed by atoms with Gasteiger partial charge in [0.15, 0.2) is 24.5 Å². The zero-order chi connectivity index (χ0) is 29.7. The molecule has 40 heavy (non-hydrogen) atoms. The van der Waals surface area contributed by atoms with Gasteiger partial charge in [0.05, 0.1) is 6.61 Å². The van der Waals surface area contributed by atoms with E-state index in [0.29, 0.717) is 31.3 Å². The molecule has 13 heteroatoms. The summed E-state index contributed by atoms with van der Waals surface area (Å²) in [7, 11) is 0. The number of alkyl halides is 2. The van der Waals surface area contributed by atoms with Crippen molar-refractivity contribution in [3.63, 3.8) is 0 Å². The summed E-state index contributed by atoms with van der Waals surface area (Å²) >= 11 is 11.8. The maximum absolute atomic E-state index is 12.0. The minimum absolute atomic E-state index is 0.172. The molecule has 0 aliphatic carbocycles. The van der Waals surface area contributed by atoms with E-state index < -0.39 is 48.4 Å². The molecule has 1 aromatic rings. The molecule has 1 saturated heterocycles. The second-order valence-electron chi connectivity index (χ2n) is 9.23. The van der Waals surface area contributed by atoms with Crippen LogP contribution >= 0.6 is 23.2 Å². The second kappa shape index (κ2) is 17.3. The van der Waals surface area contributed by atoms with Crippen LogP contribution in [0.5, 0.6) is 0 Å². The molecule has 0 aromatic heterocycles. The summed E-state index contributed by atoms with van der Waals surface area (Å²) in [6.07, 6.45) is -2.40. The van der Waals surface area contributed by atoms with Gasteiger partial charge in [0, 0.05) is 64.8 Å². The SMILES string of the molecule is CC(=O)O[C@@H]1[C@H](OC(C)=O)[C@H](OC(C)=O)CO[C@@H]1N(CCCCc1ccc(N(CCCl)CCCl)cc1)OC(C)=O. The number of hydrogen-bond acceptors (Lipinski definition) is 11. The smallest absolute Gasteiger partial charge is 0.322 e. The first-order valence-corrected chi connectivity index (χ1v) is 14.2. The van der Waals surface area contributed by atoms with Crippen molar-refractivity contribution in [2.24, 2.45) is 0 Å². The molecule has 1 aliphatic heterocycles. The Bertz CT molecular complexity index is 973. The minimum Gasteiger partial charge on any atom is -0.456 e. The third-order valence-corrected chi connectivity index (χ3v) is 6.30. The van der Waals surface area contributed by atoms with Crippen LogP contribution in [0, 0.1) is 0 Å². The van der Waals surface area contributed by atoms with Gasteiger partial charge in [-0.05, 0) is 37.0 Å². The highest BCUT2D eigenvalue weighted by Crippen LogP contribution is 2.27. The molecule has 1 aromatic carbocycles. The maximum Gasteiger partial charge on any atom is 0.322 e. The number of ether oxygens (including phenoxy) is 4. The zero-order valence-electron chi connectivity index (χ0n) is 23.3. The maximum atomic E-state index is 12.0. The average Bonchev–Trinajstić information content (AvgIpc) is 2.87. The third kappa shape index (κ3) is 11.1. The van der Waals surface area contributed by atoms with Crippen LogP contribution in [0.1, 0.15) is 46.1 Å². The molecule has 0 saturated carbocycles. The number of anilines is 1. The van der Waals surface area contributed by atoms with E-state index in [-0.39, 0.29) is 13.2 Å². The van der Waals surface area contributed by atoms with E-state index >= 15 is 0 Å². The van der Waals surface area contributed by atoms with Crippen molar-refractivity contribution in [3.05, 3.63) is 29.8 Å². The fourth-order valence-electron chi connectivity index (χ4n) is 4.40. The molecule has 11 nitrogen and oxygen atoms in total. The Morgan fingerprint density at radius 3 is 1.90 bits per heavy atom. The van der Waals surface area contributed by atoms with Gasteiger partial charge in [-0.15, -0.1) is 28.3 Å². The number of rotatable bonds is 15. The van der Waals surface area contributed by atoms with Crippen LogP contribution in [0.2, 0.25) is 0 Å². The Balaban J connectivity index is 2.10. The standard InChI is InChI=1S/C27H38Cl2N2O9/c1-18(32)37-24-17-36-27(26(39-20(3)34)25(24)38-19(2)33)31(40-21(4)35)14-6-5-7-22-8-10-23(11-9-22)30(15-12-28)16-13-29/h8-11,24-27H,5-7,12-17H2,1-4H3/t24-,25-,26-,27+/m1/s1. The summed E-state index contributed by atoms with van der Waals surface area (Å²) < 4.78 is 21.9. The molecule has 1 aliphatic rings. The Labute approximate surface area is 244 Å². The predicted octanol–water partition coefficient (Wildman–Crippen LogP) is 3.22. The number of carbonyl (C=O) groups excluding carboxylic acids is 4. The molecule has 0 N–H and O–H groups in total. The number of esters is 3. The van der Waals surface area contributed by atoms with E-state index in [9.17, 15) is 19.2 Å². The van der Waals surface area contributed by atoms with Crippen LogP contribution in [0.3, 0.4) is 0 Å². The number of hydroxylamine groups is 2. The van der Waals surface area contributed by atoms with E-state index in [1.54, 1.807) is 0 Å². The van der Waals surface area contributed by atoms with Gasteiger partial charge in [-0.2, -0.15) is 0 Å². The molecular formula is C27H38Cl2N2O9. The Kier molecular flexibility index (Phi) is 14.5. The largest absolute Gasteiger partial charge is 0.456 e. The summed E-state index contributed by atoms with van der Waals surface area (Å²) in [5.74, 6) is -1.56. The second-order valence-corrected chi connectivity index (χ2v) is 9.99. The topological polar surface area (TPSA) is 121 Å². The number of hydrogen-bond donors (Lipinski definition) is 0. The van der Waals surface area contributed by atoms with Crippen molar-refractivity contribution in [1.82, 2.24) is 5.06 Å². The Hall–Kier alpha value is -2.60. The Morgan fingerprint density at radius 1 is 0.800 bits per heavy atom. The van der Waals surface area contributed by atoms with Gasteiger partial charge >= 0.3 is 23.9 Å². The lowest BCUT2D eigenvalue weighted by molar-refractivity contribution is -0.306. The summed E-state index contributed by atoms with van der Waals surface area (Å²) in [6.45, 7) is 6.29. The van der Waals surface area contributed by atoms with E-state index in [0.717, 1.165) is 24.1 Å². The fraction of sp³-hybridized carbons (Fsp3) is 0.630. The Morgan fingerprint density at radius 2 is 1.38 bits per heavy atom. The van der Waals surface area contributed by atoms with Crippen molar-refractivity contribution in [1.29, 1.82) is 0 Å². The van der Waals surface area contributed by atoms with Gasteiger partial charge < -0.3 is 28.7 Å². The lowest BCUT2D eigenvalue weighted by atomic mass is 10.0. The van der Waals surface area contributed by atoms with Crippen molar-refractivity contribution in [2.45, 2.75) is 71.5 Å². The van der Waals surface area contributed by atoms with Gasteiger partial charge in [0.1, 0.15) is 0 Å². The van der Waals surface area contributed by atoms with Gasteiger partial charge in [0.25, 0.3) is 0 Å². The number of benzene rings is 1. The fourth-order valence-corrected chi connectivity index (χ4v) is 4.81. The van der Waals surface area contributed by atoms with Crippen LogP contribution in [-0.4, -0.2) is 91.5 Å². The zero-order valence-corrected chi connectivity index (χ0v) is 24.8. The van der Waals surface area contributed by atoms with Crippen LogP contribution in [0.25, 0.3) is 0 Å². The normalized spacial score (nSPS) is 20.5. The predicted molar refractivity (Wildman–Crippen MR) is 148 cm³/mol. The van der Waals surface area contributed by atoms with Crippen LogP contribution in [0.15, 0.2) is 24.3 Å². The first-order valence-electron chi connectivity index (χ1n) is 13.1. The molecule has 0 amide bonds. The number of carbonyl (C=O) groups is 4. The highest BCUT2D eigenvalue weighted by molar-refractivity contribution is 6.18. The first kappa shape index (κ1) is 33.6. The van der Waals surface area contributed by atoms with Crippen molar-refractivity contribution in [3.8, 4) is 0 Å². The summed E-state index contributed by atoms with van der Waals surface area (Å²) in [5.41, 5.74) is 2.18.